The van der Waals surface area contributed by atoms with E-state index in [2.05, 4.69) is 154 Å². The summed E-state index contributed by atoms with van der Waals surface area (Å²) in [7, 11) is 0. The topological polar surface area (TPSA) is 53.0 Å². The molecule has 3 aliphatic rings. The summed E-state index contributed by atoms with van der Waals surface area (Å²) < 4.78 is 6.25. The fraction of sp³-hybridized carbons (Fsp3) is 0.500. The molecule has 2 aliphatic carbocycles. The molecule has 1 saturated carbocycles. The molecule has 2 N–H and O–H groups in total. The molecule has 234 valence electrons. The summed E-state index contributed by atoms with van der Waals surface area (Å²) in [5, 5.41) is 20.4. The van der Waals surface area contributed by atoms with Crippen molar-refractivity contribution in [2.24, 2.45) is 10.8 Å². The van der Waals surface area contributed by atoms with E-state index in [1.54, 1.807) is 0 Å². The van der Waals surface area contributed by atoms with E-state index in [1.165, 1.54) is 33.4 Å². The van der Waals surface area contributed by atoms with Gasteiger partial charge in [0.2, 0.25) is 0 Å². The van der Waals surface area contributed by atoms with Gasteiger partial charge in [0.05, 0.1) is 12.2 Å². The van der Waals surface area contributed by atoms with E-state index in [1.807, 2.05) is 0 Å². The lowest BCUT2D eigenvalue weighted by molar-refractivity contribution is 0.0515. The van der Waals surface area contributed by atoms with Gasteiger partial charge in [0.25, 0.3) is 0 Å². The SMILES string of the molecule is CC1=C(/C=C/C(C)=C\C=C\C(C)=C\C=C\C=C(C)\C=C\C=C(C)/C=C/[C@@]23O[C@]2(C)C[C@@H](O)CC3(C)C)C(C)(C)C[C@H](O)C1. The third-order valence-electron chi connectivity index (χ3n) is 9.34. The van der Waals surface area contributed by atoms with Crippen LogP contribution in [-0.2, 0) is 4.74 Å². The second kappa shape index (κ2) is 13.9. The van der Waals surface area contributed by atoms with Crippen LogP contribution in [0.15, 0.2) is 119 Å². The summed E-state index contributed by atoms with van der Waals surface area (Å²) in [4.78, 5) is 0. The molecule has 0 radical (unpaired) electrons. The first-order valence-electron chi connectivity index (χ1n) is 15.9. The molecular formula is C40H56O3. The van der Waals surface area contributed by atoms with E-state index < -0.39 is 0 Å². The maximum Gasteiger partial charge on any atom is 0.121 e. The fourth-order valence-electron chi connectivity index (χ4n) is 7.06. The van der Waals surface area contributed by atoms with E-state index in [4.69, 9.17) is 4.74 Å². The summed E-state index contributed by atoms with van der Waals surface area (Å²) in [6, 6.07) is 0. The van der Waals surface area contributed by atoms with Gasteiger partial charge >= 0.3 is 0 Å². The highest BCUT2D eigenvalue weighted by molar-refractivity contribution is 5.39. The van der Waals surface area contributed by atoms with Crippen LogP contribution >= 0.6 is 0 Å². The zero-order valence-corrected chi connectivity index (χ0v) is 28.4. The van der Waals surface area contributed by atoms with E-state index in [-0.39, 0.29) is 34.2 Å². The van der Waals surface area contributed by atoms with Crippen molar-refractivity contribution in [1.29, 1.82) is 0 Å². The lowest BCUT2D eigenvalue weighted by Crippen LogP contribution is -2.46. The minimum Gasteiger partial charge on any atom is -0.393 e. The van der Waals surface area contributed by atoms with Crippen LogP contribution in [0, 0.1) is 10.8 Å². The molecule has 0 unspecified atom stereocenters. The van der Waals surface area contributed by atoms with Gasteiger partial charge in [-0.2, -0.15) is 0 Å². The Morgan fingerprint density at radius 3 is 1.72 bits per heavy atom. The van der Waals surface area contributed by atoms with E-state index in [0.29, 0.717) is 6.42 Å². The summed E-state index contributed by atoms with van der Waals surface area (Å²) in [6.07, 6.45) is 32.3. The molecular weight excluding hydrogens is 528 g/mol. The molecule has 0 aromatic rings. The number of aliphatic hydroxyl groups excluding tert-OH is 2. The average Bonchev–Trinajstić information content (AvgIpc) is 3.49. The molecule has 3 heteroatoms. The lowest BCUT2D eigenvalue weighted by Gasteiger charge is -2.39. The quantitative estimate of drug-likeness (QED) is 0.198. The molecule has 3 rings (SSSR count). The zero-order valence-electron chi connectivity index (χ0n) is 28.4. The zero-order chi connectivity index (χ0) is 32.1. The van der Waals surface area contributed by atoms with Crippen LogP contribution in [0.3, 0.4) is 0 Å². The van der Waals surface area contributed by atoms with Gasteiger partial charge in [0.1, 0.15) is 11.2 Å². The van der Waals surface area contributed by atoms with Crippen LogP contribution < -0.4 is 0 Å². The van der Waals surface area contributed by atoms with Crippen molar-refractivity contribution in [3.8, 4) is 0 Å². The highest BCUT2D eigenvalue weighted by Gasteiger charge is 2.74. The number of epoxide rings is 1. The molecule has 1 aliphatic heterocycles. The van der Waals surface area contributed by atoms with Gasteiger partial charge in [0.15, 0.2) is 0 Å². The molecule has 1 saturated heterocycles. The minimum absolute atomic E-state index is 0.00262. The second-order valence-corrected chi connectivity index (χ2v) is 14.6. The van der Waals surface area contributed by atoms with Crippen LogP contribution in [0.25, 0.3) is 0 Å². The van der Waals surface area contributed by atoms with Crippen molar-refractivity contribution in [2.75, 3.05) is 0 Å². The Balaban J connectivity index is 1.50. The first-order chi connectivity index (χ1) is 20.0. The van der Waals surface area contributed by atoms with Crippen LogP contribution in [0.5, 0.6) is 0 Å². The molecule has 4 atom stereocenters. The predicted molar refractivity (Wildman–Crippen MR) is 184 cm³/mol. The molecule has 0 spiro atoms. The molecule has 3 nitrogen and oxygen atoms in total. The van der Waals surface area contributed by atoms with E-state index in [9.17, 15) is 10.2 Å². The molecule has 0 aromatic carbocycles. The molecule has 0 aromatic heterocycles. The standard InChI is InChI=1S/C40H56O3/c1-29(17-13-19-31(3)21-22-36-33(5)25-34(41)26-37(36,6)7)15-11-12-16-30(2)18-14-20-32(4)23-24-40-38(8,9)27-35(42)28-39(40,10)43-40/h11-24,34-35,41-42H,25-28H2,1-10H3/b12-11+,17-13+,18-14+,22-21+,24-23+,29-15+,30-16+,31-19-,32-20-/t34-,35+,39-,40+/m1/s1. The van der Waals surface area contributed by atoms with Crippen LogP contribution in [0.2, 0.25) is 0 Å². The molecule has 1 heterocycles. The van der Waals surface area contributed by atoms with Crippen molar-refractivity contribution >= 4 is 0 Å². The number of aliphatic hydroxyl groups is 2. The maximum atomic E-state index is 10.2. The monoisotopic (exact) mass is 584 g/mol. The van der Waals surface area contributed by atoms with Gasteiger partial charge in [0, 0.05) is 11.8 Å². The van der Waals surface area contributed by atoms with Gasteiger partial charge in [-0.3, -0.25) is 0 Å². The largest absolute Gasteiger partial charge is 0.393 e. The summed E-state index contributed by atoms with van der Waals surface area (Å²) >= 11 is 0. The normalized spacial score (nSPS) is 32.3. The Hall–Kier alpha value is -2.72. The predicted octanol–water partition coefficient (Wildman–Crippen LogP) is 9.76. The Bertz CT molecular complexity index is 1330. The molecule has 2 fully saturated rings. The highest BCUT2D eigenvalue weighted by atomic mass is 16.6. The average molecular weight is 585 g/mol. The number of rotatable bonds is 10. The van der Waals surface area contributed by atoms with Crippen LogP contribution in [-0.4, -0.2) is 33.6 Å². The van der Waals surface area contributed by atoms with Gasteiger partial charge < -0.3 is 14.9 Å². The summed E-state index contributed by atoms with van der Waals surface area (Å²) in [5.74, 6) is 0. The Labute approximate surface area is 262 Å². The smallest absolute Gasteiger partial charge is 0.121 e. The van der Waals surface area contributed by atoms with Gasteiger partial charge in [-0.1, -0.05) is 135 Å². The lowest BCUT2D eigenvalue weighted by atomic mass is 9.63. The number of fused-ring (bicyclic) bond motifs is 1. The van der Waals surface area contributed by atoms with Crippen molar-refractivity contribution in [3.05, 3.63) is 119 Å². The first kappa shape index (κ1) is 34.8. The first-order valence-corrected chi connectivity index (χ1v) is 15.9. The maximum absolute atomic E-state index is 10.2. The number of hydrogen-bond acceptors (Lipinski definition) is 3. The number of allylic oxidation sites excluding steroid dienone is 18. The van der Waals surface area contributed by atoms with Gasteiger partial charge in [-0.25, -0.2) is 0 Å². The second-order valence-electron chi connectivity index (χ2n) is 14.6. The number of hydrogen-bond donors (Lipinski definition) is 2. The van der Waals surface area contributed by atoms with Gasteiger partial charge in [-0.05, 0) is 77.9 Å². The molecule has 43 heavy (non-hydrogen) atoms. The van der Waals surface area contributed by atoms with Crippen molar-refractivity contribution in [3.63, 3.8) is 0 Å². The molecule has 0 amide bonds. The Morgan fingerprint density at radius 2 is 1.19 bits per heavy atom. The van der Waals surface area contributed by atoms with Gasteiger partial charge in [-0.15, -0.1) is 0 Å². The fourth-order valence-corrected chi connectivity index (χ4v) is 7.06. The van der Waals surface area contributed by atoms with Crippen molar-refractivity contribution < 1.29 is 14.9 Å². The molecule has 0 bridgehead atoms. The summed E-state index contributed by atoms with van der Waals surface area (Å²) in [6.45, 7) is 21.5. The van der Waals surface area contributed by atoms with Crippen LogP contribution in [0.1, 0.15) is 94.9 Å². The van der Waals surface area contributed by atoms with E-state index >= 15 is 0 Å². The van der Waals surface area contributed by atoms with Crippen LogP contribution in [0.4, 0.5) is 0 Å². The van der Waals surface area contributed by atoms with Crippen molar-refractivity contribution in [1.82, 2.24) is 0 Å². The third-order valence-corrected chi connectivity index (χ3v) is 9.34. The Kier molecular flexibility index (Phi) is 11.3. The number of ether oxygens (including phenoxy) is 1. The summed E-state index contributed by atoms with van der Waals surface area (Å²) in [5.41, 5.74) is 6.71. The Morgan fingerprint density at radius 1 is 0.674 bits per heavy atom. The highest BCUT2D eigenvalue weighted by Crippen LogP contribution is 2.66. The minimum atomic E-state index is -0.291. The third kappa shape index (κ3) is 8.91. The van der Waals surface area contributed by atoms with Crippen molar-refractivity contribution in [2.45, 2.75) is 118 Å². The van der Waals surface area contributed by atoms with E-state index in [0.717, 1.165) is 19.3 Å².